The third-order valence-electron chi connectivity index (χ3n) is 3.07. The summed E-state index contributed by atoms with van der Waals surface area (Å²) in [6, 6.07) is 11.8. The molecule has 5 nitrogen and oxygen atoms in total. The molecule has 116 valence electrons. The third kappa shape index (κ3) is 3.96. The van der Waals surface area contributed by atoms with Crippen LogP contribution in [0.1, 0.15) is 11.1 Å². The molecule has 0 unspecified atom stereocenters. The fourth-order valence-electron chi connectivity index (χ4n) is 1.91. The van der Waals surface area contributed by atoms with E-state index in [0.29, 0.717) is 11.4 Å². The summed E-state index contributed by atoms with van der Waals surface area (Å²) in [5.41, 5.74) is 8.43. The summed E-state index contributed by atoms with van der Waals surface area (Å²) < 4.78 is 27.4. The number of nitrogens with one attached hydrogen (secondary N) is 2. The van der Waals surface area contributed by atoms with E-state index < -0.39 is 10.0 Å². The van der Waals surface area contributed by atoms with Gasteiger partial charge in [0.05, 0.1) is 10.6 Å². The molecule has 0 radical (unpaired) electrons. The average Bonchev–Trinajstić information content (AvgIpc) is 2.42. The topological polar surface area (TPSA) is 84.2 Å². The Morgan fingerprint density at radius 2 is 1.73 bits per heavy atom. The Labute approximate surface area is 135 Å². The van der Waals surface area contributed by atoms with Crippen LogP contribution in [0, 0.1) is 13.8 Å². The number of hydrogen-bond acceptors (Lipinski definition) is 3. The second kappa shape index (κ2) is 6.33. The molecule has 22 heavy (non-hydrogen) atoms. The molecule has 0 saturated heterocycles. The van der Waals surface area contributed by atoms with E-state index in [-0.39, 0.29) is 10.0 Å². The number of benzene rings is 2. The van der Waals surface area contributed by atoms with E-state index in [1.807, 2.05) is 26.0 Å². The fraction of sp³-hybridized carbons (Fsp3) is 0.133. The van der Waals surface area contributed by atoms with Crippen LogP contribution in [0.15, 0.2) is 47.4 Å². The van der Waals surface area contributed by atoms with Gasteiger partial charge in [-0.25, -0.2) is 8.42 Å². The molecule has 0 heterocycles. The lowest BCUT2D eigenvalue weighted by molar-refractivity contribution is 0.601. The molecule has 0 aliphatic heterocycles. The first kappa shape index (κ1) is 16.3. The molecule has 0 aromatic heterocycles. The second-order valence-electron chi connectivity index (χ2n) is 4.94. The Morgan fingerprint density at radius 1 is 1.09 bits per heavy atom. The van der Waals surface area contributed by atoms with Gasteiger partial charge < -0.3 is 11.1 Å². The van der Waals surface area contributed by atoms with E-state index in [1.165, 1.54) is 12.1 Å². The van der Waals surface area contributed by atoms with E-state index >= 15 is 0 Å². The lowest BCUT2D eigenvalue weighted by Gasteiger charge is -2.12. The number of thiocarbonyl (C=S) groups is 1. The number of sulfonamides is 1. The smallest absolute Gasteiger partial charge is 0.261 e. The molecule has 0 saturated carbocycles. The zero-order chi connectivity index (χ0) is 16.3. The summed E-state index contributed by atoms with van der Waals surface area (Å²) in [5, 5.41) is 2.87. The van der Waals surface area contributed by atoms with Crippen molar-refractivity contribution in [2.24, 2.45) is 5.73 Å². The van der Waals surface area contributed by atoms with Gasteiger partial charge in [-0.05, 0) is 67.5 Å². The van der Waals surface area contributed by atoms with Crippen LogP contribution in [0.25, 0.3) is 0 Å². The summed E-state index contributed by atoms with van der Waals surface area (Å²) in [5.74, 6) is 0. The standard InChI is InChI=1S/C15H17N3O2S2/c1-10-3-4-11(2)14(9-10)18-22(19,20)13-7-5-12(6-8-13)17-15(16)21/h3-9,18H,1-2H3,(H3,16,17,21). The Hall–Kier alpha value is -2.12. The highest BCUT2D eigenvalue weighted by atomic mass is 32.2. The Balaban J connectivity index is 2.26. The summed E-state index contributed by atoms with van der Waals surface area (Å²) in [4.78, 5) is 0.168. The highest BCUT2D eigenvalue weighted by Gasteiger charge is 2.15. The van der Waals surface area contributed by atoms with Crippen molar-refractivity contribution in [3.63, 3.8) is 0 Å². The zero-order valence-electron chi connectivity index (χ0n) is 12.3. The van der Waals surface area contributed by atoms with Crippen LogP contribution in [0.5, 0.6) is 0 Å². The summed E-state index contributed by atoms with van der Waals surface area (Å²) in [6.07, 6.45) is 0. The minimum Gasteiger partial charge on any atom is -0.376 e. The van der Waals surface area contributed by atoms with Crippen molar-refractivity contribution in [1.29, 1.82) is 0 Å². The molecule has 0 amide bonds. The maximum atomic E-state index is 12.4. The summed E-state index contributed by atoms with van der Waals surface area (Å²) >= 11 is 4.73. The maximum absolute atomic E-state index is 12.4. The predicted molar refractivity (Wildman–Crippen MR) is 93.6 cm³/mol. The van der Waals surface area contributed by atoms with Gasteiger partial charge in [0.1, 0.15) is 0 Å². The van der Waals surface area contributed by atoms with Gasteiger partial charge in [-0.2, -0.15) is 0 Å². The van der Waals surface area contributed by atoms with Crippen LogP contribution >= 0.6 is 12.2 Å². The quantitative estimate of drug-likeness (QED) is 0.748. The second-order valence-corrected chi connectivity index (χ2v) is 7.06. The summed E-state index contributed by atoms with van der Waals surface area (Å²) in [6.45, 7) is 3.76. The van der Waals surface area contributed by atoms with Gasteiger partial charge in [0.2, 0.25) is 0 Å². The number of rotatable bonds is 4. The molecule has 2 aromatic rings. The van der Waals surface area contributed by atoms with Gasteiger partial charge in [0, 0.05) is 5.69 Å². The highest BCUT2D eigenvalue weighted by Crippen LogP contribution is 2.22. The molecule has 2 rings (SSSR count). The molecule has 0 bridgehead atoms. The van der Waals surface area contributed by atoms with Gasteiger partial charge in [0.25, 0.3) is 10.0 Å². The van der Waals surface area contributed by atoms with Gasteiger partial charge in [-0.3, -0.25) is 4.72 Å². The first-order chi connectivity index (χ1) is 10.3. The number of aryl methyl sites for hydroxylation is 2. The van der Waals surface area contributed by atoms with Crippen molar-refractivity contribution in [3.8, 4) is 0 Å². The van der Waals surface area contributed by atoms with Gasteiger partial charge >= 0.3 is 0 Å². The minimum absolute atomic E-state index is 0.129. The van der Waals surface area contributed by atoms with Gasteiger partial charge in [-0.1, -0.05) is 12.1 Å². The van der Waals surface area contributed by atoms with Crippen LogP contribution in [0.3, 0.4) is 0 Å². The first-order valence-corrected chi connectivity index (χ1v) is 8.44. The lowest BCUT2D eigenvalue weighted by Crippen LogP contribution is -2.19. The largest absolute Gasteiger partial charge is 0.376 e. The van der Waals surface area contributed by atoms with Crippen molar-refractivity contribution < 1.29 is 8.42 Å². The Kier molecular flexibility index (Phi) is 4.68. The third-order valence-corrected chi connectivity index (χ3v) is 4.55. The van der Waals surface area contributed by atoms with E-state index in [1.54, 1.807) is 18.2 Å². The van der Waals surface area contributed by atoms with E-state index in [4.69, 9.17) is 18.0 Å². The molecule has 4 N–H and O–H groups in total. The van der Waals surface area contributed by atoms with Crippen molar-refractivity contribution >= 4 is 38.7 Å². The lowest BCUT2D eigenvalue weighted by atomic mass is 10.1. The molecular weight excluding hydrogens is 318 g/mol. The number of anilines is 2. The fourth-order valence-corrected chi connectivity index (χ4v) is 3.15. The van der Waals surface area contributed by atoms with Crippen molar-refractivity contribution in [2.75, 3.05) is 10.0 Å². The van der Waals surface area contributed by atoms with Gasteiger partial charge in [-0.15, -0.1) is 0 Å². The van der Waals surface area contributed by atoms with E-state index in [2.05, 4.69) is 10.0 Å². The molecule has 0 aliphatic rings. The zero-order valence-corrected chi connectivity index (χ0v) is 13.9. The molecular formula is C15H17N3O2S2. The van der Waals surface area contributed by atoms with Crippen molar-refractivity contribution in [2.45, 2.75) is 18.7 Å². The Morgan fingerprint density at radius 3 is 2.32 bits per heavy atom. The van der Waals surface area contributed by atoms with E-state index in [0.717, 1.165) is 11.1 Å². The average molecular weight is 335 g/mol. The van der Waals surface area contributed by atoms with Crippen LogP contribution in [-0.2, 0) is 10.0 Å². The SMILES string of the molecule is Cc1ccc(C)c(NS(=O)(=O)c2ccc(NC(N)=S)cc2)c1. The molecule has 2 aromatic carbocycles. The van der Waals surface area contributed by atoms with Crippen LogP contribution < -0.4 is 15.8 Å². The molecule has 0 atom stereocenters. The first-order valence-electron chi connectivity index (χ1n) is 6.54. The summed E-state index contributed by atoms with van der Waals surface area (Å²) in [7, 11) is -3.64. The predicted octanol–water partition coefficient (Wildman–Crippen LogP) is 2.76. The molecule has 0 spiro atoms. The van der Waals surface area contributed by atoms with Crippen molar-refractivity contribution in [3.05, 3.63) is 53.6 Å². The maximum Gasteiger partial charge on any atom is 0.261 e. The molecule has 7 heteroatoms. The van der Waals surface area contributed by atoms with E-state index in [9.17, 15) is 8.42 Å². The van der Waals surface area contributed by atoms with Crippen LogP contribution in [-0.4, -0.2) is 13.5 Å². The van der Waals surface area contributed by atoms with Crippen LogP contribution in [0.2, 0.25) is 0 Å². The normalized spacial score (nSPS) is 11.0. The van der Waals surface area contributed by atoms with Crippen LogP contribution in [0.4, 0.5) is 11.4 Å². The molecule has 0 fully saturated rings. The molecule has 0 aliphatic carbocycles. The Bertz CT molecular complexity index is 800. The highest BCUT2D eigenvalue weighted by molar-refractivity contribution is 7.92. The van der Waals surface area contributed by atoms with Crippen molar-refractivity contribution in [1.82, 2.24) is 0 Å². The minimum atomic E-state index is -3.64. The number of hydrogen-bond donors (Lipinski definition) is 3. The van der Waals surface area contributed by atoms with Gasteiger partial charge in [0.15, 0.2) is 5.11 Å². The monoisotopic (exact) mass is 335 g/mol. The number of nitrogens with two attached hydrogens (primary N) is 1.